The number of carbonyl (C=O) groups excluding carboxylic acids is 2. The van der Waals surface area contributed by atoms with Gasteiger partial charge in [0.25, 0.3) is 11.8 Å². The highest BCUT2D eigenvalue weighted by atomic mass is 35.7. The quantitative estimate of drug-likeness (QED) is 0.0224. The SMILES string of the molecule is CCCN(CCC)C(=O)c1cc(C)cc(C(=O)N[C@@H](Cc2cc(F)cc(F)c2)[C@H](O)CNCc2cccc(NS(=O)(=O)OC)c2)c1.COS(=O)(=O)Nc1cccc(C#N)c1.COS(=O)(=O)Nc1cccc(CN)c1.CS(=O)(=O)Cl.N#Cc1cccc(N)c1. The van der Waals surface area contributed by atoms with Gasteiger partial charge in [0.2, 0.25) is 9.05 Å². The first-order valence-corrected chi connectivity index (χ1v) is 33.1. The molecule has 0 radical (unpaired) electrons. The van der Waals surface area contributed by atoms with E-state index in [-0.39, 0.29) is 42.2 Å². The van der Waals surface area contributed by atoms with Crippen LogP contribution in [0.4, 0.5) is 31.5 Å². The normalized spacial score (nSPS) is 11.7. The van der Waals surface area contributed by atoms with Gasteiger partial charge in [0.05, 0.1) is 80.1 Å². The largest absolute Gasteiger partial charge is 0.399 e. The number of nitriles is 2. The van der Waals surface area contributed by atoms with Crippen molar-refractivity contribution in [3.8, 4) is 12.1 Å². The van der Waals surface area contributed by atoms with Crippen molar-refractivity contribution in [1.82, 2.24) is 15.5 Å². The monoisotopic (exact) mass is 1320 g/mol. The lowest BCUT2D eigenvalue weighted by Crippen LogP contribution is -2.48. The number of anilines is 4. The number of aliphatic hydroxyl groups excluding tert-OH is 1. The fraction of sp³-hybridized carbons (Fsp3) is 0.298. The van der Waals surface area contributed by atoms with E-state index in [0.717, 1.165) is 64.2 Å². The molecule has 0 unspecified atom stereocenters. The summed E-state index contributed by atoms with van der Waals surface area (Å²) < 4.78 is 134. The third-order valence-corrected chi connectivity index (χ3v) is 14.0. The Hall–Kier alpha value is -7.85. The number of hydrogen-bond acceptors (Lipinski definition) is 19. The van der Waals surface area contributed by atoms with E-state index in [1.54, 1.807) is 103 Å². The van der Waals surface area contributed by atoms with Crippen molar-refractivity contribution in [3.05, 3.63) is 190 Å². The Bertz CT molecular complexity index is 3770. The van der Waals surface area contributed by atoms with Gasteiger partial charge in [-0.15, -0.1) is 0 Å². The number of nitrogens with zero attached hydrogens (tertiary/aromatic N) is 3. The fourth-order valence-electron chi connectivity index (χ4n) is 7.42. The summed E-state index contributed by atoms with van der Waals surface area (Å²) in [6.45, 7) is 7.48. The first-order valence-electron chi connectivity index (χ1n) is 26.1. The van der Waals surface area contributed by atoms with Gasteiger partial charge in [-0.05, 0) is 139 Å². The summed E-state index contributed by atoms with van der Waals surface area (Å²) in [6, 6.07) is 37.1. The molecule has 0 aromatic heterocycles. The number of rotatable bonds is 24. The number of benzene rings is 6. The van der Waals surface area contributed by atoms with E-state index in [2.05, 4.69) is 48.0 Å². The second-order valence-electron chi connectivity index (χ2n) is 18.5. The third kappa shape index (κ3) is 31.2. The highest BCUT2D eigenvalue weighted by Crippen LogP contribution is 2.19. The molecule has 0 aliphatic heterocycles. The maximum absolute atomic E-state index is 14.0. The topological polar surface area (TPSA) is 382 Å². The van der Waals surface area contributed by atoms with E-state index in [0.29, 0.717) is 64.5 Å². The van der Waals surface area contributed by atoms with Crippen LogP contribution >= 0.6 is 10.7 Å². The predicted octanol–water partition coefficient (Wildman–Crippen LogP) is 6.97. The molecule has 0 heterocycles. The summed E-state index contributed by atoms with van der Waals surface area (Å²) in [5.74, 6) is -2.32. The zero-order valence-electron chi connectivity index (χ0n) is 49.0. The number of amides is 2. The van der Waals surface area contributed by atoms with Gasteiger partial charge < -0.3 is 32.1 Å². The van der Waals surface area contributed by atoms with Gasteiger partial charge in [-0.25, -0.2) is 17.2 Å². The highest BCUT2D eigenvalue weighted by Gasteiger charge is 2.25. The standard InChI is InChI=1S/C33H42F2N4O6S.C8H12N2O3S.C8H8N2O3S.C7H6N2.CH3ClO2S/c1-5-10-39(11-6-2)33(42)26-13-22(3)12-25(18-26)32(41)37-30(17-24-14-27(34)19-28(35)15-24)31(40)21-36-20-23-8-7-9-29(16-23)38-46(43,44)45-4;2*1-13-14(11,12)10-8-4-2-3-7(5-8)6-9;8-5-6-2-1-3-7(9)4-6;1-5(2,3)4/h7-9,12-16,18-19,30-31,36,38,40H,5-6,10-11,17,20-21H2,1-4H3,(H,37,41);2-5,10H,6,9H2,1H3;2-5,10H,1H3;1-4H,9H2;1H3/t30-,31+;;;;/m0..../s1. The van der Waals surface area contributed by atoms with Gasteiger partial charge in [-0.1, -0.05) is 50.2 Å². The van der Waals surface area contributed by atoms with E-state index >= 15 is 0 Å². The minimum Gasteiger partial charge on any atom is -0.399 e. The minimum absolute atomic E-state index is 0.0304. The maximum Gasteiger partial charge on any atom is 0.359 e. The van der Waals surface area contributed by atoms with Crippen LogP contribution in [0.25, 0.3) is 0 Å². The molecule has 0 saturated carbocycles. The third-order valence-electron chi connectivity index (χ3n) is 11.2. The lowest BCUT2D eigenvalue weighted by atomic mass is 9.99. The van der Waals surface area contributed by atoms with Crippen LogP contribution < -0.4 is 36.3 Å². The number of hydrogen-bond donors (Lipinski definition) is 8. The molecule has 24 nitrogen and oxygen atoms in total. The number of aryl methyl sites for hydroxylation is 1. The molecule has 6 aromatic rings. The van der Waals surface area contributed by atoms with E-state index in [4.69, 9.17) is 22.0 Å². The molecule has 2 atom stereocenters. The molecule has 31 heteroatoms. The van der Waals surface area contributed by atoms with Crippen LogP contribution in [0.15, 0.2) is 133 Å². The number of aliphatic hydroxyl groups is 1. The van der Waals surface area contributed by atoms with Crippen molar-refractivity contribution in [2.45, 2.75) is 65.3 Å². The maximum atomic E-state index is 14.0. The molecule has 2 amide bonds. The molecule has 478 valence electrons. The molecule has 0 spiro atoms. The van der Waals surface area contributed by atoms with Crippen LogP contribution in [-0.2, 0) is 72.0 Å². The van der Waals surface area contributed by atoms with E-state index in [9.17, 15) is 57.1 Å². The summed E-state index contributed by atoms with van der Waals surface area (Å²) in [4.78, 5) is 28.5. The lowest BCUT2D eigenvalue weighted by Gasteiger charge is -2.25. The summed E-state index contributed by atoms with van der Waals surface area (Å²) in [5, 5.41) is 34.0. The number of halogens is 3. The molecule has 6 aromatic carbocycles. The van der Waals surface area contributed by atoms with Crippen LogP contribution in [-0.4, -0.2) is 115 Å². The first-order chi connectivity index (χ1) is 41.3. The highest BCUT2D eigenvalue weighted by molar-refractivity contribution is 8.13. The smallest absolute Gasteiger partial charge is 0.359 e. The Labute approximate surface area is 518 Å². The molecule has 0 bridgehead atoms. The lowest BCUT2D eigenvalue weighted by molar-refractivity contribution is 0.0755. The Balaban J connectivity index is 0.000000499. The number of nitrogens with two attached hydrogens (primary N) is 2. The fourth-order valence-corrected chi connectivity index (χ4v) is 8.92. The Morgan fingerprint density at radius 1 is 0.648 bits per heavy atom. The van der Waals surface area contributed by atoms with Crippen LogP contribution in [0.2, 0.25) is 0 Å². The van der Waals surface area contributed by atoms with Crippen molar-refractivity contribution < 1.29 is 69.7 Å². The second kappa shape index (κ2) is 37.8. The van der Waals surface area contributed by atoms with Crippen LogP contribution in [0.3, 0.4) is 0 Å². The number of nitrogen functional groups attached to an aromatic ring is 1. The van der Waals surface area contributed by atoms with Crippen molar-refractivity contribution in [1.29, 1.82) is 10.5 Å². The molecule has 6 rings (SSSR count). The number of nitrogens with one attached hydrogen (secondary N) is 5. The molecular formula is C57H71ClF2N10O14S4. The van der Waals surface area contributed by atoms with Gasteiger partial charge >= 0.3 is 30.9 Å². The molecule has 10 N–H and O–H groups in total. The summed E-state index contributed by atoms with van der Waals surface area (Å²) in [6.07, 6.45) is 1.21. The van der Waals surface area contributed by atoms with Crippen molar-refractivity contribution in [3.63, 3.8) is 0 Å². The van der Waals surface area contributed by atoms with Gasteiger partial charge in [0.15, 0.2) is 0 Å². The summed E-state index contributed by atoms with van der Waals surface area (Å²) in [5.41, 5.74) is 16.5. The molecule has 0 aliphatic carbocycles. The molecule has 0 fully saturated rings. The van der Waals surface area contributed by atoms with E-state index in [1.807, 2.05) is 32.1 Å². The van der Waals surface area contributed by atoms with Crippen LogP contribution in [0.1, 0.15) is 80.8 Å². The Morgan fingerprint density at radius 3 is 1.55 bits per heavy atom. The van der Waals surface area contributed by atoms with Crippen LogP contribution in [0.5, 0.6) is 0 Å². The minimum atomic E-state index is -3.95. The van der Waals surface area contributed by atoms with Crippen molar-refractivity contribution in [2.24, 2.45) is 5.73 Å². The molecule has 0 saturated heterocycles. The summed E-state index contributed by atoms with van der Waals surface area (Å²) in [7, 11) is -6.91. The van der Waals surface area contributed by atoms with Gasteiger partial charge in [-0.2, -0.15) is 35.8 Å². The van der Waals surface area contributed by atoms with E-state index in [1.165, 1.54) is 18.2 Å². The Kier molecular flexibility index (Phi) is 32.7. The molecule has 88 heavy (non-hydrogen) atoms. The van der Waals surface area contributed by atoms with Crippen molar-refractivity contribution >= 4 is 85.2 Å². The Morgan fingerprint density at radius 2 is 1.09 bits per heavy atom. The molecule has 0 aliphatic rings. The zero-order chi connectivity index (χ0) is 66.3. The second-order valence-corrected chi connectivity index (χ2v) is 25.9. The summed E-state index contributed by atoms with van der Waals surface area (Å²) >= 11 is 0. The van der Waals surface area contributed by atoms with E-state index < -0.39 is 69.7 Å². The average molecular weight is 1320 g/mol. The zero-order valence-corrected chi connectivity index (χ0v) is 53.1. The van der Waals surface area contributed by atoms with Gasteiger partial charge in [0, 0.05) is 66.3 Å². The van der Waals surface area contributed by atoms with Crippen molar-refractivity contribution in [2.75, 3.05) is 67.1 Å². The first kappa shape index (κ1) is 76.2. The van der Waals surface area contributed by atoms with Gasteiger partial charge in [-0.3, -0.25) is 36.3 Å². The van der Waals surface area contributed by atoms with Crippen LogP contribution in [0, 0.1) is 41.2 Å². The predicted molar refractivity (Wildman–Crippen MR) is 334 cm³/mol. The van der Waals surface area contributed by atoms with Gasteiger partial charge in [0.1, 0.15) is 11.6 Å². The number of carbonyl (C=O) groups is 2. The average Bonchev–Trinajstić information content (AvgIpc) is 3.55. The molecular weight excluding hydrogens is 1250 g/mol.